The van der Waals surface area contributed by atoms with E-state index in [0.29, 0.717) is 0 Å². The Morgan fingerprint density at radius 3 is 2.11 bits per heavy atom. The molecule has 1 atom stereocenters. The summed E-state index contributed by atoms with van der Waals surface area (Å²) in [5.74, 6) is 0. The number of rotatable bonds is 1. The van der Waals surface area contributed by atoms with E-state index in [1.54, 1.807) is 0 Å². The fourth-order valence-corrected chi connectivity index (χ4v) is 2.25. The van der Waals surface area contributed by atoms with E-state index in [-0.39, 0.29) is 24.1 Å². The molecule has 1 aromatic carbocycles. The first kappa shape index (κ1) is 13.6. The van der Waals surface area contributed by atoms with Crippen LogP contribution < -0.4 is 0 Å². The van der Waals surface area contributed by atoms with Gasteiger partial charge in [0.1, 0.15) is 0 Å². The van der Waals surface area contributed by atoms with E-state index < -0.39 is 0 Å². The summed E-state index contributed by atoms with van der Waals surface area (Å²) in [7, 11) is -0.154. The van der Waals surface area contributed by atoms with Gasteiger partial charge in [0.05, 0.1) is 11.7 Å². The van der Waals surface area contributed by atoms with Crippen molar-refractivity contribution in [1.82, 2.24) is 0 Å². The van der Waals surface area contributed by atoms with Gasteiger partial charge in [-0.1, -0.05) is 50.6 Å². The molecule has 0 radical (unpaired) electrons. The SMILES string of the molecule is Cc1ccc(C2OB(C(C)(C)C)OC2(C)C)cc1. The molecule has 98 valence electrons. The van der Waals surface area contributed by atoms with Crippen molar-refractivity contribution in [2.45, 2.75) is 58.6 Å². The van der Waals surface area contributed by atoms with Crippen LogP contribution in [-0.4, -0.2) is 12.7 Å². The molecule has 3 heteroatoms. The van der Waals surface area contributed by atoms with Gasteiger partial charge in [0.2, 0.25) is 0 Å². The molecule has 1 aromatic rings. The Labute approximate surface area is 111 Å². The second kappa shape index (κ2) is 4.39. The molecule has 1 saturated heterocycles. The third kappa shape index (κ3) is 2.62. The average molecular weight is 246 g/mol. The summed E-state index contributed by atoms with van der Waals surface area (Å²) >= 11 is 0. The fraction of sp³-hybridized carbons (Fsp3) is 0.600. The fourth-order valence-electron chi connectivity index (χ4n) is 2.25. The Balaban J connectivity index is 2.26. The van der Waals surface area contributed by atoms with Crippen LogP contribution >= 0.6 is 0 Å². The van der Waals surface area contributed by atoms with Gasteiger partial charge in [0.25, 0.3) is 0 Å². The lowest BCUT2D eigenvalue weighted by atomic mass is 9.61. The van der Waals surface area contributed by atoms with Gasteiger partial charge in [-0.15, -0.1) is 0 Å². The maximum absolute atomic E-state index is 6.14. The zero-order chi connectivity index (χ0) is 13.6. The molecule has 0 saturated carbocycles. The number of benzene rings is 1. The molecule has 1 heterocycles. The van der Waals surface area contributed by atoms with Crippen molar-refractivity contribution in [3.63, 3.8) is 0 Å². The topological polar surface area (TPSA) is 18.5 Å². The Hall–Kier alpha value is -0.795. The molecule has 1 unspecified atom stereocenters. The van der Waals surface area contributed by atoms with Gasteiger partial charge in [-0.3, -0.25) is 0 Å². The van der Waals surface area contributed by atoms with Gasteiger partial charge in [0, 0.05) is 0 Å². The molecule has 0 N–H and O–H groups in total. The summed E-state index contributed by atoms with van der Waals surface area (Å²) in [4.78, 5) is 0. The summed E-state index contributed by atoms with van der Waals surface area (Å²) in [6, 6.07) is 8.52. The van der Waals surface area contributed by atoms with E-state index in [4.69, 9.17) is 9.31 Å². The molecule has 2 nitrogen and oxygen atoms in total. The van der Waals surface area contributed by atoms with Crippen molar-refractivity contribution < 1.29 is 9.31 Å². The summed E-state index contributed by atoms with van der Waals surface area (Å²) in [5.41, 5.74) is 2.17. The Morgan fingerprint density at radius 1 is 1.11 bits per heavy atom. The Kier molecular flexibility index (Phi) is 3.33. The monoisotopic (exact) mass is 246 g/mol. The molecule has 1 aliphatic rings. The second-order valence-corrected chi connectivity index (χ2v) is 6.85. The summed E-state index contributed by atoms with van der Waals surface area (Å²) in [6.07, 6.45) is 0.00215. The normalized spacial score (nSPS) is 23.4. The summed E-state index contributed by atoms with van der Waals surface area (Å²) < 4.78 is 12.2. The molecule has 1 aliphatic heterocycles. The van der Waals surface area contributed by atoms with Crippen LogP contribution in [0.5, 0.6) is 0 Å². The predicted molar refractivity (Wildman–Crippen MR) is 75.6 cm³/mol. The zero-order valence-electron chi connectivity index (χ0n) is 12.3. The quantitative estimate of drug-likeness (QED) is 0.693. The predicted octanol–water partition coefficient (Wildman–Crippen LogP) is 4.15. The lowest BCUT2D eigenvalue weighted by Crippen LogP contribution is -2.31. The van der Waals surface area contributed by atoms with Gasteiger partial charge in [-0.2, -0.15) is 0 Å². The highest BCUT2D eigenvalue weighted by Gasteiger charge is 2.51. The number of hydrogen-bond donors (Lipinski definition) is 0. The first-order valence-corrected chi connectivity index (χ1v) is 6.60. The van der Waals surface area contributed by atoms with Crippen molar-refractivity contribution in [2.75, 3.05) is 0 Å². The third-order valence-electron chi connectivity index (χ3n) is 3.39. The molecule has 0 aliphatic carbocycles. The van der Waals surface area contributed by atoms with Gasteiger partial charge >= 0.3 is 7.12 Å². The van der Waals surface area contributed by atoms with Crippen LogP contribution in [-0.2, 0) is 9.31 Å². The lowest BCUT2D eigenvalue weighted by molar-refractivity contribution is 0.0722. The molecule has 0 spiro atoms. The van der Waals surface area contributed by atoms with E-state index in [1.165, 1.54) is 11.1 Å². The minimum Gasteiger partial charge on any atom is -0.403 e. The molecular weight excluding hydrogens is 223 g/mol. The standard InChI is InChI=1S/C15H23BO2/c1-11-7-9-12(10-8-11)13-15(5,6)18-16(17-13)14(2,3)4/h7-10,13H,1-6H3. The van der Waals surface area contributed by atoms with Crippen LogP contribution in [0.3, 0.4) is 0 Å². The van der Waals surface area contributed by atoms with Crippen LogP contribution in [0.4, 0.5) is 0 Å². The Bertz CT molecular complexity index is 417. The molecule has 1 fully saturated rings. The molecule has 0 aromatic heterocycles. The average Bonchev–Trinajstić information content (AvgIpc) is 2.55. The van der Waals surface area contributed by atoms with Crippen molar-refractivity contribution >= 4 is 7.12 Å². The first-order valence-electron chi connectivity index (χ1n) is 6.60. The van der Waals surface area contributed by atoms with Gasteiger partial charge in [0.15, 0.2) is 0 Å². The van der Waals surface area contributed by atoms with Crippen LogP contribution in [0.25, 0.3) is 0 Å². The summed E-state index contributed by atoms with van der Waals surface area (Å²) in [5, 5.41) is -0.00326. The highest BCUT2D eigenvalue weighted by molar-refractivity contribution is 6.49. The maximum Gasteiger partial charge on any atom is 0.463 e. The van der Waals surface area contributed by atoms with E-state index in [2.05, 4.69) is 65.8 Å². The number of aryl methyl sites for hydroxylation is 1. The van der Waals surface area contributed by atoms with Crippen molar-refractivity contribution in [3.8, 4) is 0 Å². The molecule has 18 heavy (non-hydrogen) atoms. The van der Waals surface area contributed by atoms with Gasteiger partial charge in [-0.05, 0) is 31.6 Å². The molecule has 0 amide bonds. The van der Waals surface area contributed by atoms with Crippen LogP contribution in [0.1, 0.15) is 51.8 Å². The van der Waals surface area contributed by atoms with Crippen LogP contribution in [0.2, 0.25) is 5.31 Å². The third-order valence-corrected chi connectivity index (χ3v) is 3.39. The largest absolute Gasteiger partial charge is 0.463 e. The smallest absolute Gasteiger partial charge is 0.403 e. The molecule has 0 bridgehead atoms. The van der Waals surface area contributed by atoms with E-state index in [1.807, 2.05) is 0 Å². The summed E-state index contributed by atoms with van der Waals surface area (Å²) in [6.45, 7) is 12.7. The van der Waals surface area contributed by atoms with Crippen molar-refractivity contribution in [2.24, 2.45) is 0 Å². The molecule has 2 rings (SSSR count). The molecular formula is C15H23BO2. The van der Waals surface area contributed by atoms with Gasteiger partial charge < -0.3 is 9.31 Å². The highest BCUT2D eigenvalue weighted by atomic mass is 16.7. The van der Waals surface area contributed by atoms with Crippen molar-refractivity contribution in [3.05, 3.63) is 35.4 Å². The van der Waals surface area contributed by atoms with Gasteiger partial charge in [-0.25, -0.2) is 0 Å². The highest BCUT2D eigenvalue weighted by Crippen LogP contribution is 2.45. The van der Waals surface area contributed by atoms with E-state index >= 15 is 0 Å². The maximum atomic E-state index is 6.14. The zero-order valence-corrected chi connectivity index (χ0v) is 12.3. The Morgan fingerprint density at radius 2 is 1.67 bits per heavy atom. The minimum absolute atomic E-state index is 0.00215. The first-order chi connectivity index (χ1) is 8.20. The van der Waals surface area contributed by atoms with Crippen molar-refractivity contribution in [1.29, 1.82) is 0 Å². The minimum atomic E-state index is -0.285. The second-order valence-electron chi connectivity index (χ2n) is 6.85. The number of hydrogen-bond acceptors (Lipinski definition) is 2. The van der Waals surface area contributed by atoms with E-state index in [0.717, 1.165) is 0 Å². The van der Waals surface area contributed by atoms with Crippen LogP contribution in [0.15, 0.2) is 24.3 Å². The van der Waals surface area contributed by atoms with Crippen LogP contribution in [0, 0.1) is 6.92 Å². The van der Waals surface area contributed by atoms with E-state index in [9.17, 15) is 0 Å². The lowest BCUT2D eigenvalue weighted by Gasteiger charge is -2.26.